The van der Waals surface area contributed by atoms with Crippen molar-refractivity contribution in [3.8, 4) is 0 Å². The quantitative estimate of drug-likeness (QED) is 0.773. The highest BCUT2D eigenvalue weighted by Gasteiger charge is 2.27. The van der Waals surface area contributed by atoms with Crippen LogP contribution < -0.4 is 10.6 Å². The fourth-order valence-corrected chi connectivity index (χ4v) is 1.80. The van der Waals surface area contributed by atoms with Crippen LogP contribution in [0.5, 0.6) is 0 Å². The van der Waals surface area contributed by atoms with E-state index in [1.165, 1.54) is 12.3 Å². The van der Waals surface area contributed by atoms with E-state index in [1.807, 2.05) is 20.8 Å². The van der Waals surface area contributed by atoms with E-state index < -0.39 is 36.0 Å². The predicted octanol–water partition coefficient (Wildman–Crippen LogP) is 1.49. The number of hydrogen-bond acceptors (Lipinski definition) is 5. The fourth-order valence-electron chi connectivity index (χ4n) is 1.80. The van der Waals surface area contributed by atoms with Gasteiger partial charge in [0.2, 0.25) is 0 Å². The van der Waals surface area contributed by atoms with Crippen molar-refractivity contribution < 1.29 is 23.5 Å². The highest BCUT2D eigenvalue weighted by Crippen LogP contribution is 2.07. The first-order chi connectivity index (χ1) is 10.6. The van der Waals surface area contributed by atoms with Gasteiger partial charge in [0.05, 0.1) is 6.26 Å². The molecule has 1 aromatic rings. The Morgan fingerprint density at radius 1 is 1.26 bits per heavy atom. The van der Waals surface area contributed by atoms with Gasteiger partial charge in [0.1, 0.15) is 6.04 Å². The number of furan rings is 1. The second-order valence-corrected chi connectivity index (χ2v) is 6.58. The molecule has 2 N–H and O–H groups in total. The molecular weight excluding hydrogens is 300 g/mol. The van der Waals surface area contributed by atoms with Gasteiger partial charge in [-0.1, -0.05) is 13.8 Å². The lowest BCUT2D eigenvalue weighted by Crippen LogP contribution is -2.47. The molecule has 1 aromatic heterocycles. The minimum Gasteiger partial charge on any atom is -0.459 e. The zero-order valence-electron chi connectivity index (χ0n) is 14.1. The van der Waals surface area contributed by atoms with Crippen LogP contribution in [0.1, 0.15) is 45.2 Å². The average Bonchev–Trinajstić information content (AvgIpc) is 2.93. The fraction of sp³-hybridized carbons (Fsp3) is 0.562. The maximum Gasteiger partial charge on any atom is 0.329 e. The summed E-state index contributed by atoms with van der Waals surface area (Å²) in [6, 6.07) is 2.21. The third-order valence-corrected chi connectivity index (χ3v) is 2.81. The molecule has 1 atom stereocenters. The maximum absolute atomic E-state index is 12.1. The minimum absolute atomic E-state index is 0.105. The molecule has 23 heavy (non-hydrogen) atoms. The number of esters is 1. The summed E-state index contributed by atoms with van der Waals surface area (Å²) in [5.74, 6) is -1.67. The zero-order valence-corrected chi connectivity index (χ0v) is 14.1. The average molecular weight is 324 g/mol. The van der Waals surface area contributed by atoms with E-state index in [9.17, 15) is 14.4 Å². The normalized spacial score (nSPS) is 12.6. The number of rotatable bonds is 6. The number of ether oxygens (including phenoxy) is 1. The lowest BCUT2D eigenvalue weighted by atomic mass is 10.0. The number of carbonyl (C=O) groups is 3. The molecule has 0 spiro atoms. The largest absolute Gasteiger partial charge is 0.459 e. The van der Waals surface area contributed by atoms with Crippen molar-refractivity contribution in [1.82, 2.24) is 10.6 Å². The van der Waals surface area contributed by atoms with Gasteiger partial charge in [0, 0.05) is 5.54 Å². The van der Waals surface area contributed by atoms with Crippen LogP contribution in [-0.2, 0) is 14.3 Å². The summed E-state index contributed by atoms with van der Waals surface area (Å²) in [5.41, 5.74) is -0.408. The second kappa shape index (κ2) is 7.80. The van der Waals surface area contributed by atoms with Gasteiger partial charge in [-0.15, -0.1) is 0 Å². The molecule has 0 radical (unpaired) electrons. The van der Waals surface area contributed by atoms with Gasteiger partial charge in [-0.3, -0.25) is 9.59 Å². The van der Waals surface area contributed by atoms with Gasteiger partial charge in [-0.2, -0.15) is 0 Å². The van der Waals surface area contributed by atoms with Gasteiger partial charge in [0.25, 0.3) is 11.8 Å². The first-order valence-electron chi connectivity index (χ1n) is 7.42. The molecule has 128 valence electrons. The summed E-state index contributed by atoms with van der Waals surface area (Å²) in [7, 11) is 0. The molecule has 0 saturated heterocycles. The topological polar surface area (TPSA) is 97.6 Å². The van der Waals surface area contributed by atoms with Crippen molar-refractivity contribution in [3.63, 3.8) is 0 Å². The van der Waals surface area contributed by atoms with Crippen molar-refractivity contribution in [2.24, 2.45) is 5.92 Å². The van der Waals surface area contributed by atoms with Crippen molar-refractivity contribution in [2.75, 3.05) is 6.61 Å². The van der Waals surface area contributed by atoms with Gasteiger partial charge in [0.15, 0.2) is 12.4 Å². The van der Waals surface area contributed by atoms with Crippen LogP contribution in [0, 0.1) is 5.92 Å². The van der Waals surface area contributed by atoms with Gasteiger partial charge >= 0.3 is 5.97 Å². The molecule has 7 nitrogen and oxygen atoms in total. The molecule has 0 aliphatic carbocycles. The van der Waals surface area contributed by atoms with Gasteiger partial charge < -0.3 is 19.8 Å². The Morgan fingerprint density at radius 2 is 1.91 bits per heavy atom. The second-order valence-electron chi connectivity index (χ2n) is 6.58. The minimum atomic E-state index is -0.866. The zero-order chi connectivity index (χ0) is 17.6. The van der Waals surface area contributed by atoms with E-state index in [0.717, 1.165) is 0 Å². The monoisotopic (exact) mass is 324 g/mol. The number of hydrogen-bond donors (Lipinski definition) is 2. The van der Waals surface area contributed by atoms with Crippen LogP contribution in [0.2, 0.25) is 0 Å². The van der Waals surface area contributed by atoms with Crippen LogP contribution in [0.15, 0.2) is 22.8 Å². The number of amides is 2. The summed E-state index contributed by atoms with van der Waals surface area (Å²) in [5, 5.41) is 5.24. The smallest absolute Gasteiger partial charge is 0.329 e. The lowest BCUT2D eigenvalue weighted by molar-refractivity contribution is -0.151. The van der Waals surface area contributed by atoms with Crippen LogP contribution in [0.4, 0.5) is 0 Å². The number of nitrogens with one attached hydrogen (secondary N) is 2. The molecule has 0 unspecified atom stereocenters. The molecular formula is C16H24N2O5. The Bertz CT molecular complexity index is 543. The lowest BCUT2D eigenvalue weighted by Gasteiger charge is -2.22. The Hall–Kier alpha value is -2.31. The van der Waals surface area contributed by atoms with E-state index in [1.54, 1.807) is 19.9 Å². The van der Waals surface area contributed by atoms with E-state index in [2.05, 4.69) is 10.6 Å². The predicted molar refractivity (Wildman–Crippen MR) is 83.7 cm³/mol. The molecule has 7 heteroatoms. The Labute approximate surface area is 135 Å². The summed E-state index contributed by atoms with van der Waals surface area (Å²) in [4.78, 5) is 35.7. The third-order valence-electron chi connectivity index (χ3n) is 2.81. The molecule has 0 aliphatic heterocycles. The molecule has 2 amide bonds. The van der Waals surface area contributed by atoms with Crippen LogP contribution in [0.25, 0.3) is 0 Å². The SMILES string of the molecule is CC(C)[C@H](NC(=O)c1ccco1)C(=O)OCC(=O)NC(C)(C)C. The van der Waals surface area contributed by atoms with E-state index >= 15 is 0 Å². The van der Waals surface area contributed by atoms with Gasteiger partial charge in [-0.25, -0.2) is 4.79 Å². The van der Waals surface area contributed by atoms with Crippen molar-refractivity contribution in [3.05, 3.63) is 24.2 Å². The molecule has 1 heterocycles. The van der Waals surface area contributed by atoms with Crippen molar-refractivity contribution in [2.45, 2.75) is 46.2 Å². The standard InChI is InChI=1S/C16H24N2O5/c1-10(2)13(17-14(20)11-7-6-8-22-11)15(21)23-9-12(19)18-16(3,4)5/h6-8,10,13H,9H2,1-5H3,(H,17,20)(H,18,19)/t13-/m0/s1. The highest BCUT2D eigenvalue weighted by molar-refractivity contribution is 5.94. The first-order valence-corrected chi connectivity index (χ1v) is 7.42. The first kappa shape index (κ1) is 18.7. The Morgan fingerprint density at radius 3 is 2.39 bits per heavy atom. The molecule has 0 aliphatic rings. The van der Waals surface area contributed by atoms with Crippen molar-refractivity contribution in [1.29, 1.82) is 0 Å². The summed E-state index contributed by atoms with van der Waals surface area (Å²) in [6.45, 7) is 8.62. The van der Waals surface area contributed by atoms with Crippen LogP contribution in [0.3, 0.4) is 0 Å². The van der Waals surface area contributed by atoms with E-state index in [4.69, 9.17) is 9.15 Å². The molecule has 0 fully saturated rings. The summed E-state index contributed by atoms with van der Waals surface area (Å²) < 4.78 is 9.98. The number of carbonyl (C=O) groups excluding carboxylic acids is 3. The van der Waals surface area contributed by atoms with Crippen molar-refractivity contribution >= 4 is 17.8 Å². The van der Waals surface area contributed by atoms with E-state index in [0.29, 0.717) is 0 Å². The summed E-state index contributed by atoms with van der Waals surface area (Å²) >= 11 is 0. The highest BCUT2D eigenvalue weighted by atomic mass is 16.5. The maximum atomic E-state index is 12.1. The van der Waals surface area contributed by atoms with Crippen LogP contribution >= 0.6 is 0 Å². The third kappa shape index (κ3) is 6.54. The van der Waals surface area contributed by atoms with E-state index in [-0.39, 0.29) is 11.7 Å². The molecule has 0 bridgehead atoms. The Kier molecular flexibility index (Phi) is 6.36. The van der Waals surface area contributed by atoms with Crippen LogP contribution in [-0.4, -0.2) is 36.0 Å². The van der Waals surface area contributed by atoms with Gasteiger partial charge in [-0.05, 0) is 38.8 Å². The summed E-state index contributed by atoms with van der Waals surface area (Å²) in [6.07, 6.45) is 1.37. The molecule has 0 aromatic carbocycles. The Balaban J connectivity index is 2.58. The molecule has 0 saturated carbocycles. The molecule has 1 rings (SSSR count).